The van der Waals surface area contributed by atoms with E-state index in [0.29, 0.717) is 15.6 Å². The van der Waals surface area contributed by atoms with E-state index in [1.54, 1.807) is 41.1 Å². The third kappa shape index (κ3) is 3.51. The molecule has 2 heterocycles. The van der Waals surface area contributed by atoms with Crippen LogP contribution in [0.25, 0.3) is 0 Å². The monoisotopic (exact) mass is 401 g/mol. The molecule has 2 aromatic carbocycles. The van der Waals surface area contributed by atoms with Crippen molar-refractivity contribution in [2.45, 2.75) is 12.5 Å². The fourth-order valence-electron chi connectivity index (χ4n) is 2.87. The zero-order chi connectivity index (χ0) is 19.0. The van der Waals surface area contributed by atoms with Crippen LogP contribution < -0.4 is 10.6 Å². The van der Waals surface area contributed by atoms with E-state index < -0.39 is 5.91 Å². The van der Waals surface area contributed by atoms with E-state index in [1.165, 1.54) is 0 Å². The van der Waals surface area contributed by atoms with Crippen LogP contribution >= 0.6 is 23.2 Å². The lowest BCUT2D eigenvalue weighted by Gasteiger charge is -2.23. The Hall–Kier alpha value is -2.90. The summed E-state index contributed by atoms with van der Waals surface area (Å²) in [7, 11) is 0. The average Bonchev–Trinajstić information content (AvgIpc) is 3.04. The van der Waals surface area contributed by atoms with Gasteiger partial charge in [0.15, 0.2) is 0 Å². The number of fused-ring (bicyclic) bond motifs is 1. The SMILES string of the molecule is O=C1C[C@H](c2ccc(Cl)cc2)n2nc(NC(=O)c3ccccc3Cl)nc2N1. The number of aromatic nitrogens is 3. The van der Waals surface area contributed by atoms with Gasteiger partial charge in [-0.1, -0.05) is 47.5 Å². The van der Waals surface area contributed by atoms with Gasteiger partial charge in [0, 0.05) is 5.02 Å². The normalized spacial score (nSPS) is 15.8. The summed E-state index contributed by atoms with van der Waals surface area (Å²) in [6, 6.07) is 13.5. The second-order valence-electron chi connectivity index (χ2n) is 5.96. The summed E-state index contributed by atoms with van der Waals surface area (Å²) in [5, 5.41) is 10.5. The predicted molar refractivity (Wildman–Crippen MR) is 102 cm³/mol. The molecule has 3 aromatic rings. The first kappa shape index (κ1) is 17.5. The molecule has 0 saturated carbocycles. The van der Waals surface area contributed by atoms with Crippen LogP contribution in [-0.4, -0.2) is 26.6 Å². The van der Waals surface area contributed by atoms with Gasteiger partial charge in [-0.05, 0) is 29.8 Å². The number of nitrogens with zero attached hydrogens (tertiary/aromatic N) is 3. The average molecular weight is 402 g/mol. The van der Waals surface area contributed by atoms with Gasteiger partial charge in [0.1, 0.15) is 0 Å². The lowest BCUT2D eigenvalue weighted by molar-refractivity contribution is -0.117. The predicted octanol–water partition coefficient (Wildman–Crippen LogP) is 3.77. The summed E-state index contributed by atoms with van der Waals surface area (Å²) in [6.45, 7) is 0. The second kappa shape index (κ2) is 7.02. The van der Waals surface area contributed by atoms with Crippen molar-refractivity contribution in [3.63, 3.8) is 0 Å². The molecule has 0 saturated heterocycles. The summed E-state index contributed by atoms with van der Waals surface area (Å²) in [6.07, 6.45) is 0.204. The molecule has 4 rings (SSSR count). The van der Waals surface area contributed by atoms with Gasteiger partial charge in [0.05, 0.1) is 23.0 Å². The van der Waals surface area contributed by atoms with E-state index >= 15 is 0 Å². The number of anilines is 2. The van der Waals surface area contributed by atoms with Gasteiger partial charge in [0.25, 0.3) is 11.9 Å². The van der Waals surface area contributed by atoms with Crippen LogP contribution in [0.15, 0.2) is 48.5 Å². The molecule has 9 heteroatoms. The van der Waals surface area contributed by atoms with Crippen molar-refractivity contribution in [1.82, 2.24) is 14.8 Å². The van der Waals surface area contributed by atoms with E-state index in [9.17, 15) is 9.59 Å². The zero-order valence-corrected chi connectivity index (χ0v) is 15.3. The minimum absolute atomic E-state index is 0.0797. The first-order valence-electron chi connectivity index (χ1n) is 8.09. The van der Waals surface area contributed by atoms with Crippen LogP contribution in [0.5, 0.6) is 0 Å². The summed E-state index contributed by atoms with van der Waals surface area (Å²) in [4.78, 5) is 28.7. The molecule has 0 unspecified atom stereocenters. The van der Waals surface area contributed by atoms with Gasteiger partial charge in [-0.25, -0.2) is 4.68 Å². The van der Waals surface area contributed by atoms with E-state index in [-0.39, 0.29) is 30.3 Å². The summed E-state index contributed by atoms with van der Waals surface area (Å²) in [5.41, 5.74) is 1.18. The molecule has 0 radical (unpaired) electrons. The Morgan fingerprint density at radius 1 is 1.15 bits per heavy atom. The molecule has 0 spiro atoms. The zero-order valence-electron chi connectivity index (χ0n) is 13.8. The number of hydrogen-bond acceptors (Lipinski definition) is 4. The summed E-state index contributed by atoms with van der Waals surface area (Å²) in [5.74, 6) is -0.270. The molecule has 27 heavy (non-hydrogen) atoms. The number of carbonyl (C=O) groups is 2. The number of rotatable bonds is 3. The number of benzene rings is 2. The molecule has 7 nitrogen and oxygen atoms in total. The minimum atomic E-state index is -0.432. The van der Waals surface area contributed by atoms with Crippen LogP contribution in [0.4, 0.5) is 11.9 Å². The topological polar surface area (TPSA) is 88.9 Å². The van der Waals surface area contributed by atoms with Gasteiger partial charge in [0.2, 0.25) is 11.9 Å². The maximum absolute atomic E-state index is 12.4. The van der Waals surface area contributed by atoms with Crippen LogP contribution in [0.1, 0.15) is 28.4 Å². The molecule has 1 aliphatic rings. The number of amides is 2. The maximum atomic E-state index is 12.4. The van der Waals surface area contributed by atoms with E-state index in [0.717, 1.165) is 5.56 Å². The maximum Gasteiger partial charge on any atom is 0.259 e. The molecule has 2 N–H and O–H groups in total. The van der Waals surface area contributed by atoms with Crippen molar-refractivity contribution in [2.75, 3.05) is 10.6 Å². The van der Waals surface area contributed by atoms with Gasteiger partial charge in [-0.3, -0.25) is 20.2 Å². The van der Waals surface area contributed by atoms with E-state index in [4.69, 9.17) is 23.2 Å². The molecule has 2 amide bonds. The Morgan fingerprint density at radius 2 is 1.89 bits per heavy atom. The first-order valence-corrected chi connectivity index (χ1v) is 8.84. The molecule has 1 aromatic heterocycles. The highest BCUT2D eigenvalue weighted by atomic mass is 35.5. The van der Waals surface area contributed by atoms with Gasteiger partial charge >= 0.3 is 0 Å². The van der Waals surface area contributed by atoms with Crippen molar-refractivity contribution in [1.29, 1.82) is 0 Å². The minimum Gasteiger partial charge on any atom is -0.295 e. The second-order valence-corrected chi connectivity index (χ2v) is 6.80. The highest BCUT2D eigenvalue weighted by molar-refractivity contribution is 6.34. The Kier molecular flexibility index (Phi) is 4.55. The molecular weight excluding hydrogens is 389 g/mol. The summed E-state index contributed by atoms with van der Waals surface area (Å²) < 4.78 is 1.58. The first-order chi connectivity index (χ1) is 13.0. The standard InChI is InChI=1S/C18H13Cl2N5O2/c19-11-7-5-10(6-8-11)14-9-15(26)21-18-23-17(24-25(14)18)22-16(27)12-3-1-2-4-13(12)20/h1-8,14H,9H2,(H2,21,22,23,24,26,27)/t14-/m1/s1. The third-order valence-corrected chi connectivity index (χ3v) is 4.74. The van der Waals surface area contributed by atoms with Crippen LogP contribution in [0.2, 0.25) is 10.0 Å². The van der Waals surface area contributed by atoms with Gasteiger partial charge in [-0.2, -0.15) is 4.98 Å². The Morgan fingerprint density at radius 3 is 2.63 bits per heavy atom. The van der Waals surface area contributed by atoms with Gasteiger partial charge < -0.3 is 0 Å². The molecule has 136 valence electrons. The lowest BCUT2D eigenvalue weighted by Crippen LogP contribution is -2.29. The highest BCUT2D eigenvalue weighted by Gasteiger charge is 2.29. The van der Waals surface area contributed by atoms with Crippen LogP contribution in [-0.2, 0) is 4.79 Å². The molecule has 0 fully saturated rings. The van der Waals surface area contributed by atoms with E-state index in [1.807, 2.05) is 12.1 Å². The number of halogens is 2. The molecule has 1 atom stereocenters. The van der Waals surface area contributed by atoms with Gasteiger partial charge in [-0.15, -0.1) is 5.10 Å². The van der Waals surface area contributed by atoms with Crippen molar-refractivity contribution in [3.8, 4) is 0 Å². The quantitative estimate of drug-likeness (QED) is 0.698. The van der Waals surface area contributed by atoms with Crippen LogP contribution in [0, 0.1) is 0 Å². The van der Waals surface area contributed by atoms with E-state index in [2.05, 4.69) is 20.7 Å². The van der Waals surface area contributed by atoms with Crippen molar-refractivity contribution in [3.05, 3.63) is 69.7 Å². The van der Waals surface area contributed by atoms with Crippen LogP contribution in [0.3, 0.4) is 0 Å². The Balaban J connectivity index is 1.64. The van der Waals surface area contributed by atoms with Crippen molar-refractivity contribution >= 4 is 46.9 Å². The number of nitrogens with one attached hydrogen (secondary N) is 2. The molecule has 1 aliphatic heterocycles. The number of carbonyl (C=O) groups excluding carboxylic acids is 2. The smallest absolute Gasteiger partial charge is 0.259 e. The van der Waals surface area contributed by atoms with Crippen molar-refractivity contribution < 1.29 is 9.59 Å². The fourth-order valence-corrected chi connectivity index (χ4v) is 3.22. The largest absolute Gasteiger partial charge is 0.295 e. The fraction of sp³-hybridized carbons (Fsp3) is 0.111. The highest BCUT2D eigenvalue weighted by Crippen LogP contribution is 2.30. The Bertz CT molecular complexity index is 1030. The molecule has 0 bridgehead atoms. The molecular formula is C18H13Cl2N5O2. The van der Waals surface area contributed by atoms with Crippen molar-refractivity contribution in [2.24, 2.45) is 0 Å². The Labute approximate surface area is 164 Å². The molecule has 0 aliphatic carbocycles. The third-order valence-electron chi connectivity index (χ3n) is 4.16. The number of hydrogen-bond donors (Lipinski definition) is 2. The lowest BCUT2D eigenvalue weighted by atomic mass is 10.0. The summed E-state index contributed by atoms with van der Waals surface area (Å²) >= 11 is 12.0.